The molecule has 3 aromatic carbocycles. The molecule has 0 spiro atoms. The van der Waals surface area contributed by atoms with Crippen molar-refractivity contribution < 1.29 is 13.9 Å². The maximum absolute atomic E-state index is 10.7. The first kappa shape index (κ1) is 22.5. The van der Waals surface area contributed by atoms with Crippen LogP contribution in [0.3, 0.4) is 0 Å². The van der Waals surface area contributed by atoms with Gasteiger partial charge in [0.1, 0.15) is 17.8 Å². The molecule has 0 aliphatic heterocycles. The lowest BCUT2D eigenvalue weighted by atomic mass is 10.2. The number of hydrogen-bond donors (Lipinski definition) is 1. The highest BCUT2D eigenvalue weighted by atomic mass is 16.5. The van der Waals surface area contributed by atoms with Crippen molar-refractivity contribution in [1.82, 2.24) is 20.0 Å². The summed E-state index contributed by atoms with van der Waals surface area (Å²) in [7, 11) is 0. The van der Waals surface area contributed by atoms with Gasteiger partial charge in [0.2, 0.25) is 5.89 Å². The highest BCUT2D eigenvalue weighted by molar-refractivity contribution is 5.90. The molecule has 34 heavy (non-hydrogen) atoms. The fraction of sp³-hybridized carbons (Fsp3) is 0.0769. The first-order valence-electron chi connectivity index (χ1n) is 10.6. The number of carbonyl (C=O) groups is 1. The standard InChI is InChI=1S/C16H15N3O.C10H8N2O2/c1-13-11-19(18-17-13)12-14-6-5-9-16(10-14)20-15-7-3-2-4-8-15;11-9(13)8-6-14-10(12-8)7-4-2-1-3-5-7/h2-11H,12H2,1H3;1-6H,(H2,11,13). The van der Waals surface area contributed by atoms with E-state index in [0.29, 0.717) is 12.4 Å². The van der Waals surface area contributed by atoms with E-state index in [1.807, 2.05) is 96.7 Å². The number of benzene rings is 3. The largest absolute Gasteiger partial charge is 0.457 e. The van der Waals surface area contributed by atoms with Gasteiger partial charge in [-0.25, -0.2) is 9.67 Å². The zero-order valence-corrected chi connectivity index (χ0v) is 18.5. The first-order chi connectivity index (χ1) is 16.6. The lowest BCUT2D eigenvalue weighted by Crippen LogP contribution is -2.10. The van der Waals surface area contributed by atoms with E-state index in [2.05, 4.69) is 21.4 Å². The number of aryl methyl sites for hydroxylation is 1. The molecule has 2 N–H and O–H groups in total. The summed E-state index contributed by atoms with van der Waals surface area (Å²) < 4.78 is 12.7. The number of nitrogens with zero attached hydrogens (tertiary/aromatic N) is 4. The molecule has 0 saturated heterocycles. The summed E-state index contributed by atoms with van der Waals surface area (Å²) in [5.41, 5.74) is 8.05. The lowest BCUT2D eigenvalue weighted by molar-refractivity contribution is 0.0995. The molecule has 0 radical (unpaired) electrons. The number of hydrogen-bond acceptors (Lipinski definition) is 6. The van der Waals surface area contributed by atoms with Gasteiger partial charge in [0, 0.05) is 11.8 Å². The van der Waals surface area contributed by atoms with Crippen LogP contribution in [0.15, 0.2) is 102 Å². The molecule has 0 aliphatic rings. The summed E-state index contributed by atoms with van der Waals surface area (Å²) in [5, 5.41) is 8.04. The van der Waals surface area contributed by atoms with E-state index >= 15 is 0 Å². The van der Waals surface area contributed by atoms with Gasteiger partial charge in [0.15, 0.2) is 5.69 Å². The second-order valence-corrected chi connectivity index (χ2v) is 7.39. The Labute approximate surface area is 196 Å². The van der Waals surface area contributed by atoms with Crippen molar-refractivity contribution in [1.29, 1.82) is 0 Å². The summed E-state index contributed by atoms with van der Waals surface area (Å²) in [6.07, 6.45) is 3.18. The predicted molar refractivity (Wildman–Crippen MR) is 127 cm³/mol. The highest BCUT2D eigenvalue weighted by Crippen LogP contribution is 2.22. The van der Waals surface area contributed by atoms with E-state index in [1.54, 1.807) is 0 Å². The van der Waals surface area contributed by atoms with Gasteiger partial charge in [-0.05, 0) is 48.9 Å². The molecule has 1 amide bonds. The number of primary amides is 1. The van der Waals surface area contributed by atoms with Crippen molar-refractivity contribution in [3.05, 3.63) is 114 Å². The average molecular weight is 454 g/mol. The number of ether oxygens (including phenoxy) is 1. The van der Waals surface area contributed by atoms with Gasteiger partial charge in [-0.15, -0.1) is 5.10 Å². The van der Waals surface area contributed by atoms with E-state index in [1.165, 1.54) is 6.26 Å². The molecular formula is C26H23N5O3. The molecule has 8 heteroatoms. The summed E-state index contributed by atoms with van der Waals surface area (Å²) in [4.78, 5) is 14.7. The van der Waals surface area contributed by atoms with Crippen molar-refractivity contribution in [2.24, 2.45) is 5.73 Å². The molecular weight excluding hydrogens is 430 g/mol. The van der Waals surface area contributed by atoms with Crippen LogP contribution in [0.5, 0.6) is 11.5 Å². The maximum atomic E-state index is 10.7. The maximum Gasteiger partial charge on any atom is 0.270 e. The predicted octanol–water partition coefficient (Wildman–Crippen LogP) is 4.87. The topological polar surface area (TPSA) is 109 Å². The third-order valence-corrected chi connectivity index (χ3v) is 4.65. The van der Waals surface area contributed by atoms with Crippen LogP contribution < -0.4 is 10.5 Å². The minimum Gasteiger partial charge on any atom is -0.457 e. The van der Waals surface area contributed by atoms with Gasteiger partial charge in [-0.2, -0.15) is 0 Å². The van der Waals surface area contributed by atoms with Gasteiger partial charge >= 0.3 is 0 Å². The van der Waals surface area contributed by atoms with Crippen LogP contribution >= 0.6 is 0 Å². The van der Waals surface area contributed by atoms with Crippen LogP contribution in [0.1, 0.15) is 21.7 Å². The third-order valence-electron chi connectivity index (χ3n) is 4.65. The lowest BCUT2D eigenvalue weighted by Gasteiger charge is -2.07. The number of para-hydroxylation sites is 1. The molecule has 2 heterocycles. The van der Waals surface area contributed by atoms with E-state index in [4.69, 9.17) is 14.9 Å². The first-order valence-corrected chi connectivity index (χ1v) is 10.6. The molecule has 5 aromatic rings. The fourth-order valence-corrected chi connectivity index (χ4v) is 3.09. The molecule has 5 rings (SSSR count). The van der Waals surface area contributed by atoms with Crippen molar-refractivity contribution in [3.63, 3.8) is 0 Å². The van der Waals surface area contributed by atoms with Crippen molar-refractivity contribution >= 4 is 5.91 Å². The smallest absolute Gasteiger partial charge is 0.270 e. The Morgan fingerprint density at radius 3 is 2.32 bits per heavy atom. The number of aromatic nitrogens is 4. The van der Waals surface area contributed by atoms with Crippen LogP contribution in [0.25, 0.3) is 11.5 Å². The molecule has 0 unspecified atom stereocenters. The molecule has 2 aromatic heterocycles. The average Bonchev–Trinajstić information content (AvgIpc) is 3.51. The van der Waals surface area contributed by atoms with Gasteiger partial charge in [-0.3, -0.25) is 4.79 Å². The molecule has 170 valence electrons. The molecule has 0 aliphatic carbocycles. The van der Waals surface area contributed by atoms with Crippen LogP contribution in [-0.4, -0.2) is 25.9 Å². The van der Waals surface area contributed by atoms with Crippen molar-refractivity contribution in [2.75, 3.05) is 0 Å². The summed E-state index contributed by atoms with van der Waals surface area (Å²) in [6, 6.07) is 27.1. The quantitative estimate of drug-likeness (QED) is 0.393. The van der Waals surface area contributed by atoms with Gasteiger partial charge < -0.3 is 14.9 Å². The normalized spacial score (nSPS) is 10.3. The zero-order chi connectivity index (χ0) is 23.8. The number of carbonyl (C=O) groups excluding carboxylic acids is 1. The van der Waals surface area contributed by atoms with Crippen molar-refractivity contribution in [2.45, 2.75) is 13.5 Å². The third kappa shape index (κ3) is 6.17. The summed E-state index contributed by atoms with van der Waals surface area (Å²) >= 11 is 0. The van der Waals surface area contributed by atoms with Crippen LogP contribution in [0.4, 0.5) is 0 Å². The number of oxazole rings is 1. The molecule has 8 nitrogen and oxygen atoms in total. The Bertz CT molecular complexity index is 1350. The second kappa shape index (κ2) is 10.7. The van der Waals surface area contributed by atoms with Crippen LogP contribution in [0, 0.1) is 6.92 Å². The monoisotopic (exact) mass is 453 g/mol. The van der Waals surface area contributed by atoms with E-state index < -0.39 is 5.91 Å². The SMILES string of the molecule is Cc1cn(Cc2cccc(Oc3ccccc3)c2)nn1.NC(=O)c1coc(-c2ccccc2)n1. The Morgan fingerprint density at radius 2 is 1.68 bits per heavy atom. The van der Waals surface area contributed by atoms with Gasteiger partial charge in [0.05, 0.1) is 12.2 Å². The minimum atomic E-state index is -0.587. The highest BCUT2D eigenvalue weighted by Gasteiger charge is 2.09. The van der Waals surface area contributed by atoms with Crippen LogP contribution in [0.2, 0.25) is 0 Å². The fourth-order valence-electron chi connectivity index (χ4n) is 3.09. The molecule has 0 fully saturated rings. The number of amides is 1. The molecule has 0 saturated carbocycles. The van der Waals surface area contributed by atoms with Gasteiger partial charge in [0.25, 0.3) is 5.91 Å². The zero-order valence-electron chi connectivity index (χ0n) is 18.5. The Morgan fingerprint density at radius 1 is 0.971 bits per heavy atom. The second-order valence-electron chi connectivity index (χ2n) is 7.39. The van der Waals surface area contributed by atoms with Crippen LogP contribution in [-0.2, 0) is 6.54 Å². The Balaban J connectivity index is 0.000000172. The van der Waals surface area contributed by atoms with E-state index in [-0.39, 0.29) is 5.69 Å². The Hall–Kier alpha value is -4.72. The number of nitrogens with two attached hydrogens (primary N) is 1. The molecule has 0 bridgehead atoms. The van der Waals surface area contributed by atoms with Crippen molar-refractivity contribution in [3.8, 4) is 23.0 Å². The summed E-state index contributed by atoms with van der Waals surface area (Å²) in [5.74, 6) is 1.47. The minimum absolute atomic E-state index is 0.142. The Kier molecular flexibility index (Phi) is 7.09. The number of rotatable bonds is 6. The van der Waals surface area contributed by atoms with Gasteiger partial charge in [-0.1, -0.05) is 53.7 Å². The summed E-state index contributed by atoms with van der Waals surface area (Å²) in [6.45, 7) is 2.62. The van der Waals surface area contributed by atoms with E-state index in [9.17, 15) is 4.79 Å². The van der Waals surface area contributed by atoms with E-state index in [0.717, 1.165) is 28.3 Å². The molecule has 0 atom stereocenters.